The average molecular weight is 277 g/mol. The number of phenolic OH excluding ortho intramolecular Hbond substituents is 1. The van der Waals surface area contributed by atoms with Crippen LogP contribution in [0.3, 0.4) is 0 Å². The van der Waals surface area contributed by atoms with Gasteiger partial charge in [0.2, 0.25) is 5.91 Å². The standard InChI is InChI=1S/C14H19N3O3/c15-13(19)14(17-6-1-4-16-5-7-17)9-20-12-8-10(18)2-3-11(12)14/h2-3,8,16,18H,1,4-7,9H2,(H2,15,19). The molecule has 4 N–H and O–H groups in total. The van der Waals surface area contributed by atoms with Gasteiger partial charge < -0.3 is 20.9 Å². The molecule has 1 amide bonds. The number of nitrogens with zero attached hydrogens (tertiary/aromatic N) is 1. The van der Waals surface area contributed by atoms with E-state index in [1.807, 2.05) is 0 Å². The van der Waals surface area contributed by atoms with Gasteiger partial charge in [-0.15, -0.1) is 0 Å². The fourth-order valence-corrected chi connectivity index (χ4v) is 3.08. The Morgan fingerprint density at radius 2 is 2.25 bits per heavy atom. The third-order valence-electron chi connectivity index (χ3n) is 4.13. The quantitative estimate of drug-likeness (QED) is 0.694. The summed E-state index contributed by atoms with van der Waals surface area (Å²) in [5.41, 5.74) is 5.56. The highest BCUT2D eigenvalue weighted by Crippen LogP contribution is 2.42. The minimum Gasteiger partial charge on any atom is -0.508 e. The van der Waals surface area contributed by atoms with Crippen molar-refractivity contribution in [1.82, 2.24) is 10.2 Å². The smallest absolute Gasteiger partial charge is 0.246 e. The Balaban J connectivity index is 2.04. The Morgan fingerprint density at radius 1 is 1.40 bits per heavy atom. The summed E-state index contributed by atoms with van der Waals surface area (Å²) >= 11 is 0. The fraction of sp³-hybridized carbons (Fsp3) is 0.500. The first kappa shape index (κ1) is 13.2. The molecule has 1 atom stereocenters. The minimum absolute atomic E-state index is 0.126. The third-order valence-corrected chi connectivity index (χ3v) is 4.13. The fourth-order valence-electron chi connectivity index (χ4n) is 3.08. The van der Waals surface area contributed by atoms with Gasteiger partial charge in [-0.3, -0.25) is 9.69 Å². The second-order valence-electron chi connectivity index (χ2n) is 5.28. The van der Waals surface area contributed by atoms with E-state index in [4.69, 9.17) is 10.5 Å². The van der Waals surface area contributed by atoms with Crippen molar-refractivity contribution in [2.45, 2.75) is 12.0 Å². The molecule has 2 aliphatic heterocycles. The van der Waals surface area contributed by atoms with Crippen molar-refractivity contribution in [1.29, 1.82) is 0 Å². The van der Waals surface area contributed by atoms with Crippen molar-refractivity contribution in [2.24, 2.45) is 5.73 Å². The molecule has 6 nitrogen and oxygen atoms in total. The maximum Gasteiger partial charge on any atom is 0.246 e. The third kappa shape index (κ3) is 1.92. The lowest BCUT2D eigenvalue weighted by Crippen LogP contribution is -2.57. The Morgan fingerprint density at radius 3 is 3.05 bits per heavy atom. The molecule has 0 saturated carbocycles. The van der Waals surface area contributed by atoms with Crippen LogP contribution in [-0.4, -0.2) is 48.7 Å². The zero-order chi connectivity index (χ0) is 14.2. The minimum atomic E-state index is -0.922. The van der Waals surface area contributed by atoms with Crippen LogP contribution in [0.1, 0.15) is 12.0 Å². The molecular formula is C14H19N3O3. The number of fused-ring (bicyclic) bond motifs is 1. The summed E-state index contributed by atoms with van der Waals surface area (Å²) in [4.78, 5) is 14.3. The van der Waals surface area contributed by atoms with Gasteiger partial charge >= 0.3 is 0 Å². The first-order valence-corrected chi connectivity index (χ1v) is 6.86. The number of hydrogen-bond donors (Lipinski definition) is 3. The van der Waals surface area contributed by atoms with Gasteiger partial charge in [0, 0.05) is 31.3 Å². The van der Waals surface area contributed by atoms with E-state index >= 15 is 0 Å². The highest BCUT2D eigenvalue weighted by Gasteiger charge is 2.50. The molecule has 1 saturated heterocycles. The number of aromatic hydroxyl groups is 1. The van der Waals surface area contributed by atoms with Crippen LogP contribution in [0.2, 0.25) is 0 Å². The number of nitrogens with two attached hydrogens (primary N) is 1. The van der Waals surface area contributed by atoms with E-state index in [9.17, 15) is 9.90 Å². The van der Waals surface area contributed by atoms with E-state index < -0.39 is 11.4 Å². The second kappa shape index (κ2) is 4.96. The first-order valence-electron chi connectivity index (χ1n) is 6.86. The van der Waals surface area contributed by atoms with Gasteiger partial charge in [0.05, 0.1) is 0 Å². The molecular weight excluding hydrogens is 258 g/mol. The molecule has 1 aromatic rings. The van der Waals surface area contributed by atoms with E-state index in [2.05, 4.69) is 10.2 Å². The van der Waals surface area contributed by atoms with Crippen molar-refractivity contribution in [3.05, 3.63) is 23.8 Å². The van der Waals surface area contributed by atoms with Crippen LogP contribution in [0, 0.1) is 0 Å². The Kier molecular flexibility index (Phi) is 3.27. The van der Waals surface area contributed by atoms with Crippen LogP contribution in [0.4, 0.5) is 0 Å². The van der Waals surface area contributed by atoms with Crippen molar-refractivity contribution in [3.8, 4) is 11.5 Å². The summed E-state index contributed by atoms with van der Waals surface area (Å²) in [7, 11) is 0. The molecule has 20 heavy (non-hydrogen) atoms. The van der Waals surface area contributed by atoms with E-state index in [1.165, 1.54) is 6.07 Å². The van der Waals surface area contributed by atoms with Gasteiger partial charge in [-0.2, -0.15) is 0 Å². The van der Waals surface area contributed by atoms with Gasteiger partial charge in [-0.05, 0) is 25.1 Å². The molecule has 1 aromatic carbocycles. The molecule has 0 spiro atoms. The van der Waals surface area contributed by atoms with Crippen molar-refractivity contribution in [3.63, 3.8) is 0 Å². The van der Waals surface area contributed by atoms with Gasteiger partial charge in [-0.25, -0.2) is 0 Å². The molecule has 0 aliphatic carbocycles. The predicted octanol–water partition coefficient (Wildman–Crippen LogP) is -0.239. The highest BCUT2D eigenvalue weighted by molar-refractivity contribution is 5.88. The second-order valence-corrected chi connectivity index (χ2v) is 5.28. The molecule has 108 valence electrons. The average Bonchev–Trinajstić information content (AvgIpc) is 2.61. The number of primary amides is 1. The van der Waals surface area contributed by atoms with Crippen molar-refractivity contribution < 1.29 is 14.6 Å². The zero-order valence-corrected chi connectivity index (χ0v) is 11.3. The summed E-state index contributed by atoms with van der Waals surface area (Å²) in [6.07, 6.45) is 0.961. The van der Waals surface area contributed by atoms with Gasteiger partial charge in [-0.1, -0.05) is 0 Å². The lowest BCUT2D eigenvalue weighted by atomic mass is 9.88. The van der Waals surface area contributed by atoms with E-state index in [0.717, 1.165) is 38.2 Å². The topological polar surface area (TPSA) is 87.8 Å². The van der Waals surface area contributed by atoms with Gasteiger partial charge in [0.25, 0.3) is 0 Å². The summed E-state index contributed by atoms with van der Waals surface area (Å²) in [6, 6.07) is 4.85. The molecule has 0 radical (unpaired) electrons. The van der Waals surface area contributed by atoms with Crippen LogP contribution in [0.25, 0.3) is 0 Å². The van der Waals surface area contributed by atoms with Crippen LogP contribution in [0.5, 0.6) is 11.5 Å². The maximum atomic E-state index is 12.2. The zero-order valence-electron chi connectivity index (χ0n) is 11.3. The number of nitrogens with one attached hydrogen (secondary N) is 1. The van der Waals surface area contributed by atoms with Gasteiger partial charge in [0.1, 0.15) is 18.1 Å². The van der Waals surface area contributed by atoms with Crippen LogP contribution >= 0.6 is 0 Å². The van der Waals surface area contributed by atoms with Crippen LogP contribution in [-0.2, 0) is 10.3 Å². The highest BCUT2D eigenvalue weighted by atomic mass is 16.5. The molecule has 6 heteroatoms. The molecule has 2 aliphatic rings. The number of benzene rings is 1. The molecule has 0 bridgehead atoms. The first-order chi connectivity index (χ1) is 9.64. The summed E-state index contributed by atoms with van der Waals surface area (Å²) in [6.45, 7) is 3.50. The van der Waals surface area contributed by atoms with Crippen molar-refractivity contribution >= 4 is 5.91 Å². The monoisotopic (exact) mass is 277 g/mol. The molecule has 1 unspecified atom stereocenters. The lowest BCUT2D eigenvalue weighted by molar-refractivity contribution is -0.131. The van der Waals surface area contributed by atoms with E-state index in [-0.39, 0.29) is 12.4 Å². The van der Waals surface area contributed by atoms with Crippen LogP contribution in [0.15, 0.2) is 18.2 Å². The Hall–Kier alpha value is -1.79. The Bertz CT molecular complexity index is 526. The largest absolute Gasteiger partial charge is 0.508 e. The normalized spacial score (nSPS) is 26.6. The number of phenols is 1. The molecule has 1 fully saturated rings. The number of ether oxygens (including phenoxy) is 1. The van der Waals surface area contributed by atoms with E-state index in [0.29, 0.717) is 5.75 Å². The summed E-state index contributed by atoms with van der Waals surface area (Å²) in [5, 5.41) is 12.9. The summed E-state index contributed by atoms with van der Waals surface area (Å²) < 4.78 is 5.63. The van der Waals surface area contributed by atoms with Gasteiger partial charge in [0.15, 0.2) is 5.54 Å². The molecule has 2 heterocycles. The number of carbonyl (C=O) groups excluding carboxylic acids is 1. The molecule has 0 aromatic heterocycles. The number of hydrogen-bond acceptors (Lipinski definition) is 5. The predicted molar refractivity (Wildman–Crippen MR) is 73.5 cm³/mol. The van der Waals surface area contributed by atoms with E-state index in [1.54, 1.807) is 12.1 Å². The number of amides is 1. The Labute approximate surface area is 117 Å². The number of rotatable bonds is 2. The summed E-state index contributed by atoms with van der Waals surface area (Å²) in [5.74, 6) is 0.270. The lowest BCUT2D eigenvalue weighted by Gasteiger charge is -2.36. The maximum absolute atomic E-state index is 12.2. The number of carbonyl (C=O) groups is 1. The van der Waals surface area contributed by atoms with Crippen LogP contribution < -0.4 is 15.8 Å². The molecule has 3 rings (SSSR count). The SMILES string of the molecule is NC(=O)C1(N2CCCNCC2)COc2cc(O)ccc21. The van der Waals surface area contributed by atoms with Crippen molar-refractivity contribution in [2.75, 3.05) is 32.8 Å².